The monoisotopic (exact) mass is 157 g/mol. The smallest absolute Gasteiger partial charge is 0.222 e. The minimum atomic E-state index is 0.240. The van der Waals surface area contributed by atoms with Crippen LogP contribution in [0.3, 0.4) is 0 Å². The van der Waals surface area contributed by atoms with E-state index >= 15 is 0 Å². The van der Waals surface area contributed by atoms with E-state index < -0.39 is 0 Å². The summed E-state index contributed by atoms with van der Waals surface area (Å²) in [5.74, 6) is 0.240. The Labute approximate surface area is 67.3 Å². The molecule has 0 spiro atoms. The van der Waals surface area contributed by atoms with E-state index in [9.17, 15) is 4.79 Å². The molecule has 1 amide bonds. The summed E-state index contributed by atoms with van der Waals surface area (Å²) in [6.07, 6.45) is 1.86. The SMILES string of the molecule is CCC(=O)N1CC[C@@H](OC)C1. The molecule has 0 bridgehead atoms. The highest BCUT2D eigenvalue weighted by molar-refractivity contribution is 5.76. The summed E-state index contributed by atoms with van der Waals surface area (Å²) in [4.78, 5) is 13.0. The van der Waals surface area contributed by atoms with Gasteiger partial charge in [0.05, 0.1) is 6.10 Å². The molecule has 3 heteroatoms. The second kappa shape index (κ2) is 3.72. The third-order valence-corrected chi connectivity index (χ3v) is 2.13. The molecule has 1 aliphatic rings. The van der Waals surface area contributed by atoms with Crippen molar-refractivity contribution < 1.29 is 9.53 Å². The first-order valence-electron chi connectivity index (χ1n) is 4.08. The molecule has 0 aromatic heterocycles. The summed E-state index contributed by atoms with van der Waals surface area (Å²) in [5, 5.41) is 0. The topological polar surface area (TPSA) is 29.5 Å². The lowest BCUT2D eigenvalue weighted by atomic mass is 10.3. The number of ether oxygens (including phenoxy) is 1. The van der Waals surface area contributed by atoms with Gasteiger partial charge in [0, 0.05) is 26.6 Å². The number of likely N-dealkylation sites (tertiary alicyclic amines) is 1. The second-order valence-electron chi connectivity index (χ2n) is 2.84. The Morgan fingerprint density at radius 2 is 2.45 bits per heavy atom. The Bertz CT molecular complexity index is 147. The van der Waals surface area contributed by atoms with Gasteiger partial charge in [-0.1, -0.05) is 6.92 Å². The van der Waals surface area contributed by atoms with Gasteiger partial charge < -0.3 is 9.64 Å². The van der Waals surface area contributed by atoms with Crippen molar-refractivity contribution in [2.45, 2.75) is 25.9 Å². The Kier molecular flexibility index (Phi) is 2.88. The summed E-state index contributed by atoms with van der Waals surface area (Å²) in [6, 6.07) is 0. The summed E-state index contributed by atoms with van der Waals surface area (Å²) in [5.41, 5.74) is 0. The second-order valence-corrected chi connectivity index (χ2v) is 2.84. The van der Waals surface area contributed by atoms with Crippen molar-refractivity contribution in [3.8, 4) is 0 Å². The molecular weight excluding hydrogens is 142 g/mol. The molecule has 3 nitrogen and oxygen atoms in total. The summed E-state index contributed by atoms with van der Waals surface area (Å²) >= 11 is 0. The van der Waals surface area contributed by atoms with Gasteiger partial charge in [0.15, 0.2) is 0 Å². The highest BCUT2D eigenvalue weighted by Gasteiger charge is 2.24. The number of carbonyl (C=O) groups is 1. The number of nitrogens with zero attached hydrogens (tertiary/aromatic N) is 1. The normalized spacial score (nSPS) is 24.2. The lowest BCUT2D eigenvalue weighted by molar-refractivity contribution is -0.130. The number of hydrogen-bond donors (Lipinski definition) is 0. The zero-order chi connectivity index (χ0) is 8.27. The molecule has 0 aromatic carbocycles. The quantitative estimate of drug-likeness (QED) is 0.589. The molecule has 0 aliphatic carbocycles. The van der Waals surface area contributed by atoms with E-state index in [1.807, 2.05) is 11.8 Å². The maximum atomic E-state index is 11.1. The van der Waals surface area contributed by atoms with Gasteiger partial charge in [0.1, 0.15) is 0 Å². The Morgan fingerprint density at radius 1 is 1.73 bits per heavy atom. The van der Waals surface area contributed by atoms with Crippen molar-refractivity contribution in [1.82, 2.24) is 4.90 Å². The van der Waals surface area contributed by atoms with Gasteiger partial charge in [-0.3, -0.25) is 4.79 Å². The zero-order valence-corrected chi connectivity index (χ0v) is 7.17. The molecule has 1 aliphatic heterocycles. The molecule has 0 aromatic rings. The Morgan fingerprint density at radius 3 is 2.91 bits per heavy atom. The largest absolute Gasteiger partial charge is 0.380 e. The van der Waals surface area contributed by atoms with Crippen LogP contribution in [0.2, 0.25) is 0 Å². The fourth-order valence-corrected chi connectivity index (χ4v) is 1.37. The minimum absolute atomic E-state index is 0.240. The molecule has 11 heavy (non-hydrogen) atoms. The fourth-order valence-electron chi connectivity index (χ4n) is 1.37. The number of amides is 1. The van der Waals surface area contributed by atoms with Crippen LogP contribution in [0.4, 0.5) is 0 Å². The summed E-state index contributed by atoms with van der Waals surface area (Å²) in [7, 11) is 1.70. The molecule has 1 atom stereocenters. The summed E-state index contributed by atoms with van der Waals surface area (Å²) in [6.45, 7) is 3.54. The van der Waals surface area contributed by atoms with E-state index in [2.05, 4.69) is 0 Å². The summed E-state index contributed by atoms with van der Waals surface area (Å²) < 4.78 is 5.14. The van der Waals surface area contributed by atoms with Crippen LogP contribution < -0.4 is 0 Å². The molecular formula is C8H15NO2. The molecule has 0 radical (unpaired) electrons. The molecule has 0 N–H and O–H groups in total. The van der Waals surface area contributed by atoms with Crippen LogP contribution in [0.15, 0.2) is 0 Å². The fraction of sp³-hybridized carbons (Fsp3) is 0.875. The van der Waals surface area contributed by atoms with E-state index in [1.54, 1.807) is 7.11 Å². The first kappa shape index (κ1) is 8.53. The van der Waals surface area contributed by atoms with Crippen molar-refractivity contribution >= 4 is 5.91 Å². The number of hydrogen-bond acceptors (Lipinski definition) is 2. The van der Waals surface area contributed by atoms with Gasteiger partial charge in [-0.2, -0.15) is 0 Å². The van der Waals surface area contributed by atoms with E-state index in [0.29, 0.717) is 6.42 Å². The maximum Gasteiger partial charge on any atom is 0.222 e. The van der Waals surface area contributed by atoms with Crippen LogP contribution in [0, 0.1) is 0 Å². The van der Waals surface area contributed by atoms with Gasteiger partial charge >= 0.3 is 0 Å². The van der Waals surface area contributed by atoms with Crippen molar-refractivity contribution in [3.05, 3.63) is 0 Å². The van der Waals surface area contributed by atoms with E-state index in [4.69, 9.17) is 4.74 Å². The molecule has 1 fully saturated rings. The first-order valence-corrected chi connectivity index (χ1v) is 4.08. The molecule has 1 rings (SSSR count). The third-order valence-electron chi connectivity index (χ3n) is 2.13. The van der Waals surface area contributed by atoms with Crippen LogP contribution >= 0.6 is 0 Å². The standard InChI is InChI=1S/C8H15NO2/c1-3-8(10)9-5-4-7(6-9)11-2/h7H,3-6H2,1-2H3/t7-/m1/s1. The van der Waals surface area contributed by atoms with Crippen molar-refractivity contribution in [2.24, 2.45) is 0 Å². The first-order chi connectivity index (χ1) is 5.27. The molecule has 0 saturated carbocycles. The zero-order valence-electron chi connectivity index (χ0n) is 7.17. The lowest BCUT2D eigenvalue weighted by Crippen LogP contribution is -2.29. The maximum absolute atomic E-state index is 11.1. The Hall–Kier alpha value is -0.570. The van der Waals surface area contributed by atoms with Gasteiger partial charge in [-0.05, 0) is 6.42 Å². The van der Waals surface area contributed by atoms with Gasteiger partial charge in [-0.15, -0.1) is 0 Å². The van der Waals surface area contributed by atoms with Crippen LogP contribution in [-0.4, -0.2) is 37.1 Å². The van der Waals surface area contributed by atoms with Gasteiger partial charge in [0.2, 0.25) is 5.91 Å². The Balaban J connectivity index is 2.35. The molecule has 0 unspecified atom stereocenters. The molecule has 64 valence electrons. The number of carbonyl (C=O) groups excluding carboxylic acids is 1. The predicted molar refractivity (Wildman–Crippen MR) is 42.3 cm³/mol. The van der Waals surface area contributed by atoms with Crippen molar-refractivity contribution in [1.29, 1.82) is 0 Å². The lowest BCUT2D eigenvalue weighted by Gasteiger charge is -2.14. The molecule has 1 saturated heterocycles. The van der Waals surface area contributed by atoms with Crippen LogP contribution in [0.1, 0.15) is 19.8 Å². The van der Waals surface area contributed by atoms with Crippen molar-refractivity contribution in [2.75, 3.05) is 20.2 Å². The number of rotatable bonds is 2. The highest BCUT2D eigenvalue weighted by atomic mass is 16.5. The highest BCUT2D eigenvalue weighted by Crippen LogP contribution is 2.12. The molecule has 1 heterocycles. The van der Waals surface area contributed by atoms with Crippen molar-refractivity contribution in [3.63, 3.8) is 0 Å². The van der Waals surface area contributed by atoms with Crippen LogP contribution in [0.25, 0.3) is 0 Å². The van der Waals surface area contributed by atoms with E-state index in [-0.39, 0.29) is 12.0 Å². The van der Waals surface area contributed by atoms with Gasteiger partial charge in [-0.25, -0.2) is 0 Å². The van der Waals surface area contributed by atoms with E-state index in [1.165, 1.54) is 0 Å². The average Bonchev–Trinajstić information content (AvgIpc) is 2.50. The minimum Gasteiger partial charge on any atom is -0.380 e. The number of methoxy groups -OCH3 is 1. The van der Waals surface area contributed by atoms with Gasteiger partial charge in [0.25, 0.3) is 0 Å². The van der Waals surface area contributed by atoms with Crippen LogP contribution in [-0.2, 0) is 9.53 Å². The predicted octanol–water partition coefficient (Wildman–Crippen LogP) is 0.644. The third kappa shape index (κ3) is 1.93. The van der Waals surface area contributed by atoms with E-state index in [0.717, 1.165) is 19.5 Å². The average molecular weight is 157 g/mol. The van der Waals surface area contributed by atoms with Crippen LogP contribution in [0.5, 0.6) is 0 Å².